The zero-order valence-electron chi connectivity index (χ0n) is 16.1. The molecule has 1 fully saturated rings. The van der Waals surface area contributed by atoms with E-state index < -0.39 is 0 Å². The molecule has 7 heteroatoms. The average Bonchev–Trinajstić information content (AvgIpc) is 3.17. The maximum Gasteiger partial charge on any atom is 0.253 e. The van der Waals surface area contributed by atoms with Gasteiger partial charge in [-0.05, 0) is 31.0 Å². The number of carbonyl (C=O) groups is 1. The van der Waals surface area contributed by atoms with Gasteiger partial charge in [0.2, 0.25) is 5.88 Å². The zero-order chi connectivity index (χ0) is 19.3. The van der Waals surface area contributed by atoms with Gasteiger partial charge in [0, 0.05) is 44.5 Å². The fraction of sp³-hybridized carbons (Fsp3) is 0.381. The Kier molecular flexibility index (Phi) is 5.53. The van der Waals surface area contributed by atoms with E-state index in [1.807, 2.05) is 48.4 Å². The quantitative estimate of drug-likeness (QED) is 0.712. The summed E-state index contributed by atoms with van der Waals surface area (Å²) in [4.78, 5) is 28.8. The van der Waals surface area contributed by atoms with Crippen LogP contribution in [0.25, 0.3) is 11.0 Å². The first kappa shape index (κ1) is 18.4. The Morgan fingerprint density at radius 1 is 1.14 bits per heavy atom. The summed E-state index contributed by atoms with van der Waals surface area (Å²) in [5.74, 6) is 0.726. The van der Waals surface area contributed by atoms with Crippen molar-refractivity contribution in [3.05, 3.63) is 54.0 Å². The average molecular weight is 379 g/mol. The van der Waals surface area contributed by atoms with Crippen LogP contribution in [-0.4, -0.2) is 70.0 Å². The van der Waals surface area contributed by atoms with E-state index in [1.54, 1.807) is 6.33 Å². The lowest BCUT2D eigenvalue weighted by molar-refractivity contribution is 0.0638. The number of ether oxygens (including phenoxy) is 1. The van der Waals surface area contributed by atoms with E-state index in [1.165, 1.54) is 5.56 Å². The Balaban J connectivity index is 1.33. The molecule has 1 aliphatic rings. The van der Waals surface area contributed by atoms with Crippen LogP contribution < -0.4 is 4.74 Å². The van der Waals surface area contributed by atoms with E-state index in [2.05, 4.69) is 19.9 Å². The molecule has 28 heavy (non-hydrogen) atoms. The van der Waals surface area contributed by atoms with Crippen LogP contribution in [-0.2, 0) is 6.42 Å². The Labute approximate surface area is 164 Å². The number of amides is 1. The summed E-state index contributed by atoms with van der Waals surface area (Å²) >= 11 is 0. The van der Waals surface area contributed by atoms with Gasteiger partial charge in [-0.15, -0.1) is 0 Å². The Hall–Kier alpha value is -2.93. The molecule has 3 aromatic rings. The van der Waals surface area contributed by atoms with Crippen molar-refractivity contribution in [2.75, 3.05) is 39.3 Å². The minimum Gasteiger partial charge on any atom is -0.476 e. The summed E-state index contributed by atoms with van der Waals surface area (Å²) in [6.45, 7) is 6.76. The first-order valence-electron chi connectivity index (χ1n) is 9.76. The lowest BCUT2D eigenvalue weighted by Gasteiger charge is -2.34. The largest absolute Gasteiger partial charge is 0.476 e. The van der Waals surface area contributed by atoms with Crippen LogP contribution in [0.4, 0.5) is 0 Å². The predicted molar refractivity (Wildman–Crippen MR) is 108 cm³/mol. The minimum absolute atomic E-state index is 0.122. The second-order valence-electron chi connectivity index (χ2n) is 6.90. The van der Waals surface area contributed by atoms with Gasteiger partial charge in [0.15, 0.2) is 0 Å². The van der Waals surface area contributed by atoms with Gasteiger partial charge in [0.1, 0.15) is 11.8 Å². The number of H-pyrrole nitrogens is 1. The van der Waals surface area contributed by atoms with Crippen LogP contribution in [0.2, 0.25) is 0 Å². The molecular formula is C21H25N5O2. The highest BCUT2D eigenvalue weighted by Gasteiger charge is 2.22. The van der Waals surface area contributed by atoms with E-state index in [9.17, 15) is 4.79 Å². The maximum absolute atomic E-state index is 12.6. The van der Waals surface area contributed by atoms with Gasteiger partial charge in [-0.1, -0.05) is 18.2 Å². The van der Waals surface area contributed by atoms with E-state index in [0.29, 0.717) is 12.5 Å². The van der Waals surface area contributed by atoms with Gasteiger partial charge in [0.25, 0.3) is 5.91 Å². The number of hydrogen-bond acceptors (Lipinski definition) is 5. The van der Waals surface area contributed by atoms with Crippen LogP contribution >= 0.6 is 0 Å². The van der Waals surface area contributed by atoms with Crippen LogP contribution in [0.5, 0.6) is 5.88 Å². The molecule has 1 aromatic carbocycles. The summed E-state index contributed by atoms with van der Waals surface area (Å²) in [5.41, 5.74) is 3.72. The predicted octanol–water partition coefficient (Wildman–Crippen LogP) is 2.36. The molecule has 1 N–H and O–H groups in total. The van der Waals surface area contributed by atoms with Crippen molar-refractivity contribution in [1.82, 2.24) is 24.8 Å². The van der Waals surface area contributed by atoms with Gasteiger partial charge in [-0.25, -0.2) is 4.98 Å². The normalized spacial score (nSPS) is 15.1. The molecule has 0 atom stereocenters. The van der Waals surface area contributed by atoms with E-state index in [-0.39, 0.29) is 5.91 Å². The summed E-state index contributed by atoms with van der Waals surface area (Å²) < 4.78 is 5.57. The number of fused-ring (bicyclic) bond motifs is 1. The Bertz CT molecular complexity index is 932. The first-order valence-corrected chi connectivity index (χ1v) is 9.76. The van der Waals surface area contributed by atoms with Gasteiger partial charge in [-0.2, -0.15) is 4.98 Å². The minimum atomic E-state index is 0.122. The molecule has 0 radical (unpaired) electrons. The monoisotopic (exact) mass is 379 g/mol. The number of piperazine rings is 1. The molecule has 0 spiro atoms. The number of nitrogens with zero attached hydrogens (tertiary/aromatic N) is 4. The van der Waals surface area contributed by atoms with E-state index in [0.717, 1.165) is 55.7 Å². The molecule has 2 aromatic heterocycles. The first-order chi connectivity index (χ1) is 13.8. The second-order valence-corrected chi connectivity index (χ2v) is 6.90. The fourth-order valence-corrected chi connectivity index (χ4v) is 3.62. The molecule has 1 saturated heterocycles. The van der Waals surface area contributed by atoms with Gasteiger partial charge in [0.05, 0.1) is 12.1 Å². The third kappa shape index (κ3) is 3.84. The SMILES string of the molecule is CCOc1ncnc2c(CCN3CCN(C(=O)c4ccccc4)CC3)c[nH]c12. The summed E-state index contributed by atoms with van der Waals surface area (Å²) in [5, 5.41) is 0. The van der Waals surface area contributed by atoms with Crippen molar-refractivity contribution in [1.29, 1.82) is 0 Å². The molecule has 7 nitrogen and oxygen atoms in total. The van der Waals surface area contributed by atoms with Crippen molar-refractivity contribution < 1.29 is 9.53 Å². The van der Waals surface area contributed by atoms with Crippen LogP contribution in [0, 0.1) is 0 Å². The topological polar surface area (TPSA) is 74.4 Å². The van der Waals surface area contributed by atoms with Crippen LogP contribution in [0.15, 0.2) is 42.9 Å². The third-order valence-corrected chi connectivity index (χ3v) is 5.17. The van der Waals surface area contributed by atoms with Crippen LogP contribution in [0.3, 0.4) is 0 Å². The van der Waals surface area contributed by atoms with Crippen molar-refractivity contribution in [3.63, 3.8) is 0 Å². The molecule has 0 bridgehead atoms. The van der Waals surface area contributed by atoms with E-state index in [4.69, 9.17) is 4.74 Å². The number of rotatable bonds is 6. The van der Waals surface area contributed by atoms with Crippen molar-refractivity contribution in [3.8, 4) is 5.88 Å². The molecule has 4 rings (SSSR count). The second kappa shape index (κ2) is 8.39. The smallest absolute Gasteiger partial charge is 0.253 e. The Morgan fingerprint density at radius 3 is 2.68 bits per heavy atom. The van der Waals surface area contributed by atoms with Crippen molar-refractivity contribution in [2.24, 2.45) is 0 Å². The lowest BCUT2D eigenvalue weighted by Crippen LogP contribution is -2.49. The molecule has 1 amide bonds. The fourth-order valence-electron chi connectivity index (χ4n) is 3.62. The Morgan fingerprint density at radius 2 is 1.93 bits per heavy atom. The number of aromatic amines is 1. The highest BCUT2D eigenvalue weighted by Crippen LogP contribution is 2.23. The van der Waals surface area contributed by atoms with E-state index >= 15 is 0 Å². The number of benzene rings is 1. The number of nitrogens with one attached hydrogen (secondary N) is 1. The molecule has 0 saturated carbocycles. The zero-order valence-corrected chi connectivity index (χ0v) is 16.1. The summed E-state index contributed by atoms with van der Waals surface area (Å²) in [6.07, 6.45) is 4.45. The summed E-state index contributed by atoms with van der Waals surface area (Å²) in [7, 11) is 0. The number of aromatic nitrogens is 3. The van der Waals surface area contributed by atoms with Gasteiger partial charge in [-0.3, -0.25) is 9.69 Å². The maximum atomic E-state index is 12.6. The third-order valence-electron chi connectivity index (χ3n) is 5.17. The molecule has 146 valence electrons. The van der Waals surface area contributed by atoms with Crippen molar-refractivity contribution >= 4 is 16.9 Å². The molecule has 0 unspecified atom stereocenters. The van der Waals surface area contributed by atoms with Gasteiger partial charge >= 0.3 is 0 Å². The number of hydrogen-bond donors (Lipinski definition) is 1. The highest BCUT2D eigenvalue weighted by molar-refractivity contribution is 5.94. The molecule has 3 heterocycles. The molecule has 0 aliphatic carbocycles. The standard InChI is InChI=1S/C21H25N5O2/c1-2-28-20-19-18(23-15-24-20)17(14-22-19)8-9-25-10-12-26(13-11-25)21(27)16-6-4-3-5-7-16/h3-7,14-15,22H,2,8-13H2,1H3. The van der Waals surface area contributed by atoms with Gasteiger partial charge < -0.3 is 14.6 Å². The lowest BCUT2D eigenvalue weighted by atomic mass is 10.1. The molecular weight excluding hydrogens is 354 g/mol. The number of carbonyl (C=O) groups excluding carboxylic acids is 1. The highest BCUT2D eigenvalue weighted by atomic mass is 16.5. The van der Waals surface area contributed by atoms with Crippen molar-refractivity contribution in [2.45, 2.75) is 13.3 Å². The summed E-state index contributed by atoms with van der Waals surface area (Å²) in [6, 6.07) is 9.51. The van der Waals surface area contributed by atoms with Crippen LogP contribution in [0.1, 0.15) is 22.8 Å². The molecule has 1 aliphatic heterocycles.